The minimum Gasteiger partial charge on any atom is -0.271 e. The van der Waals surface area contributed by atoms with Crippen LogP contribution in [-0.2, 0) is 6.42 Å². The van der Waals surface area contributed by atoms with Crippen LogP contribution in [0.3, 0.4) is 0 Å². The summed E-state index contributed by atoms with van der Waals surface area (Å²) in [4.78, 5) is 2.76. The molecule has 100 valence electrons. The monoisotopic (exact) mass is 354 g/mol. The van der Waals surface area contributed by atoms with Crippen LogP contribution in [0.4, 0.5) is 0 Å². The molecular weight excluding hydrogens is 340 g/mol. The van der Waals surface area contributed by atoms with Gasteiger partial charge in [-0.25, -0.2) is 0 Å². The summed E-state index contributed by atoms with van der Waals surface area (Å²) in [6.45, 7) is 0. The second kappa shape index (κ2) is 5.97. The minimum absolute atomic E-state index is 0.283. The standard InChI is InChI=1S/C14H15BrN2S2/c15-11-5-6-18-14(11)7-12(17-16)10-8-19-13-4-2-1-3-9(10)13/h1-6,10,12,17H,7-8,16H2. The molecule has 0 saturated carbocycles. The molecule has 5 heteroatoms. The predicted octanol–water partition coefficient (Wildman–Crippen LogP) is 3.77. The molecule has 0 bridgehead atoms. The van der Waals surface area contributed by atoms with Gasteiger partial charge in [0.1, 0.15) is 0 Å². The maximum Gasteiger partial charge on any atom is 0.0336 e. The topological polar surface area (TPSA) is 38.0 Å². The van der Waals surface area contributed by atoms with Gasteiger partial charge in [0.2, 0.25) is 0 Å². The maximum atomic E-state index is 5.81. The van der Waals surface area contributed by atoms with Gasteiger partial charge in [-0.1, -0.05) is 18.2 Å². The van der Waals surface area contributed by atoms with E-state index in [1.54, 1.807) is 11.3 Å². The zero-order valence-electron chi connectivity index (χ0n) is 10.3. The van der Waals surface area contributed by atoms with E-state index in [1.165, 1.54) is 19.8 Å². The summed E-state index contributed by atoms with van der Waals surface area (Å²) >= 11 is 7.32. The van der Waals surface area contributed by atoms with Crippen LogP contribution >= 0.6 is 39.0 Å². The normalized spacial score (nSPS) is 19.4. The number of fused-ring (bicyclic) bond motifs is 1. The third kappa shape index (κ3) is 2.76. The number of benzene rings is 1. The van der Waals surface area contributed by atoms with Crippen LogP contribution < -0.4 is 11.3 Å². The summed E-state index contributed by atoms with van der Waals surface area (Å²) in [6, 6.07) is 11.0. The van der Waals surface area contributed by atoms with Crippen molar-refractivity contribution >= 4 is 39.0 Å². The number of thiophene rings is 1. The van der Waals surface area contributed by atoms with Crippen molar-refractivity contribution < 1.29 is 0 Å². The highest BCUT2D eigenvalue weighted by molar-refractivity contribution is 9.10. The van der Waals surface area contributed by atoms with Crippen LogP contribution in [0.1, 0.15) is 16.4 Å². The molecule has 0 saturated heterocycles. The Balaban J connectivity index is 1.82. The summed E-state index contributed by atoms with van der Waals surface area (Å²) in [6.07, 6.45) is 0.967. The fourth-order valence-electron chi connectivity index (χ4n) is 2.51. The third-order valence-corrected chi connectivity index (χ3v) is 6.69. The first-order valence-corrected chi connectivity index (χ1v) is 8.85. The summed E-state index contributed by atoms with van der Waals surface area (Å²) in [5, 5.41) is 2.12. The number of hydrazine groups is 1. The highest BCUT2D eigenvalue weighted by Gasteiger charge is 2.30. The largest absolute Gasteiger partial charge is 0.271 e. The number of nitrogens with one attached hydrogen (secondary N) is 1. The Kier molecular flexibility index (Phi) is 4.29. The van der Waals surface area contributed by atoms with Gasteiger partial charge in [-0.05, 0) is 39.0 Å². The molecule has 0 radical (unpaired) electrons. The van der Waals surface area contributed by atoms with Gasteiger partial charge in [0.15, 0.2) is 0 Å². The quantitative estimate of drug-likeness (QED) is 0.648. The van der Waals surface area contributed by atoms with E-state index >= 15 is 0 Å². The molecule has 3 rings (SSSR count). The lowest BCUT2D eigenvalue weighted by Gasteiger charge is -2.23. The lowest BCUT2D eigenvalue weighted by atomic mass is 9.91. The fourth-order valence-corrected chi connectivity index (χ4v) is 5.41. The Hall–Kier alpha value is -0.330. The number of rotatable bonds is 4. The zero-order valence-corrected chi connectivity index (χ0v) is 13.5. The molecule has 1 aliphatic heterocycles. The Morgan fingerprint density at radius 1 is 1.37 bits per heavy atom. The van der Waals surface area contributed by atoms with Gasteiger partial charge in [0.25, 0.3) is 0 Å². The van der Waals surface area contributed by atoms with Gasteiger partial charge in [-0.2, -0.15) is 0 Å². The molecule has 2 nitrogen and oxygen atoms in total. The molecule has 0 aliphatic carbocycles. The van der Waals surface area contributed by atoms with Crippen LogP contribution in [0.15, 0.2) is 45.1 Å². The number of halogens is 1. The van der Waals surface area contributed by atoms with Crippen molar-refractivity contribution in [3.05, 3.63) is 50.6 Å². The van der Waals surface area contributed by atoms with Gasteiger partial charge in [0.05, 0.1) is 0 Å². The van der Waals surface area contributed by atoms with E-state index in [-0.39, 0.29) is 6.04 Å². The van der Waals surface area contributed by atoms with E-state index in [9.17, 15) is 0 Å². The molecule has 19 heavy (non-hydrogen) atoms. The van der Waals surface area contributed by atoms with Crippen LogP contribution in [-0.4, -0.2) is 11.8 Å². The van der Waals surface area contributed by atoms with E-state index in [0.29, 0.717) is 5.92 Å². The van der Waals surface area contributed by atoms with Gasteiger partial charge in [-0.3, -0.25) is 11.3 Å². The summed E-state index contributed by atoms with van der Waals surface area (Å²) < 4.78 is 1.19. The van der Waals surface area contributed by atoms with E-state index in [0.717, 1.165) is 12.2 Å². The molecule has 2 aromatic rings. The van der Waals surface area contributed by atoms with Crippen LogP contribution in [0.2, 0.25) is 0 Å². The molecule has 3 N–H and O–H groups in total. The smallest absolute Gasteiger partial charge is 0.0336 e. The molecule has 2 heterocycles. The molecule has 1 aromatic heterocycles. The number of thioether (sulfide) groups is 1. The van der Waals surface area contributed by atoms with Gasteiger partial charge in [0, 0.05) is 38.4 Å². The van der Waals surface area contributed by atoms with E-state index in [1.807, 2.05) is 11.8 Å². The second-order valence-electron chi connectivity index (χ2n) is 4.62. The number of hydrogen-bond donors (Lipinski definition) is 2. The Bertz CT molecular complexity index is 570. The van der Waals surface area contributed by atoms with Crippen molar-refractivity contribution in [2.75, 3.05) is 5.75 Å². The first-order valence-electron chi connectivity index (χ1n) is 6.19. The van der Waals surface area contributed by atoms with Crippen molar-refractivity contribution in [2.24, 2.45) is 5.84 Å². The van der Waals surface area contributed by atoms with Gasteiger partial charge < -0.3 is 0 Å². The molecule has 0 fully saturated rings. The van der Waals surface area contributed by atoms with Crippen LogP contribution in [0.5, 0.6) is 0 Å². The molecule has 0 spiro atoms. The Morgan fingerprint density at radius 3 is 2.95 bits per heavy atom. The van der Waals surface area contributed by atoms with E-state index < -0.39 is 0 Å². The average Bonchev–Trinajstić information content (AvgIpc) is 3.03. The summed E-state index contributed by atoms with van der Waals surface area (Å²) in [5.41, 5.74) is 4.46. The first-order chi connectivity index (χ1) is 9.29. The van der Waals surface area contributed by atoms with Crippen LogP contribution in [0, 0.1) is 0 Å². The maximum absolute atomic E-state index is 5.81. The summed E-state index contributed by atoms with van der Waals surface area (Å²) in [7, 11) is 0. The SMILES string of the molecule is NNC(Cc1sccc1Br)C1CSc2ccccc21. The van der Waals surface area contributed by atoms with Crippen molar-refractivity contribution in [3.63, 3.8) is 0 Å². The van der Waals surface area contributed by atoms with Crippen molar-refractivity contribution in [1.82, 2.24) is 5.43 Å². The van der Waals surface area contributed by atoms with Crippen LogP contribution in [0.25, 0.3) is 0 Å². The molecule has 2 unspecified atom stereocenters. The van der Waals surface area contributed by atoms with Crippen molar-refractivity contribution in [3.8, 4) is 0 Å². The molecule has 2 atom stereocenters. The number of hydrogen-bond acceptors (Lipinski definition) is 4. The molecular formula is C14H15BrN2S2. The highest BCUT2D eigenvalue weighted by atomic mass is 79.9. The van der Waals surface area contributed by atoms with Gasteiger partial charge in [-0.15, -0.1) is 23.1 Å². The Morgan fingerprint density at radius 2 is 2.21 bits per heavy atom. The minimum atomic E-state index is 0.283. The lowest BCUT2D eigenvalue weighted by Crippen LogP contribution is -2.41. The zero-order chi connectivity index (χ0) is 13.2. The van der Waals surface area contributed by atoms with E-state index in [4.69, 9.17) is 5.84 Å². The molecule has 0 amide bonds. The average molecular weight is 355 g/mol. The predicted molar refractivity (Wildman–Crippen MR) is 86.7 cm³/mol. The molecule has 1 aliphatic rings. The highest BCUT2D eigenvalue weighted by Crippen LogP contribution is 2.42. The molecule has 1 aromatic carbocycles. The summed E-state index contributed by atoms with van der Waals surface area (Å²) in [5.74, 6) is 7.40. The third-order valence-electron chi connectivity index (χ3n) is 3.53. The first kappa shape index (κ1) is 13.6. The fraction of sp³-hybridized carbons (Fsp3) is 0.286. The lowest BCUT2D eigenvalue weighted by molar-refractivity contribution is 0.465. The second-order valence-corrected chi connectivity index (χ2v) is 7.54. The van der Waals surface area contributed by atoms with E-state index in [2.05, 4.69) is 57.1 Å². The van der Waals surface area contributed by atoms with Gasteiger partial charge >= 0.3 is 0 Å². The van der Waals surface area contributed by atoms with Crippen molar-refractivity contribution in [2.45, 2.75) is 23.3 Å². The Labute approximate surface area is 129 Å². The van der Waals surface area contributed by atoms with Crippen molar-refractivity contribution in [1.29, 1.82) is 0 Å². The number of nitrogens with two attached hydrogens (primary N) is 1.